The van der Waals surface area contributed by atoms with Crippen LogP contribution >= 0.6 is 11.3 Å². The number of nitrogens with zero attached hydrogens (tertiary/aromatic N) is 4. The second kappa shape index (κ2) is 7.40. The molecule has 0 aliphatic carbocycles. The molecule has 146 valence electrons. The molecule has 0 atom stereocenters. The van der Waals surface area contributed by atoms with Gasteiger partial charge >= 0.3 is 0 Å². The molecule has 0 N–H and O–H groups in total. The Morgan fingerprint density at radius 2 is 1.79 bits per heavy atom. The minimum Gasteiger partial charge on any atom is -0.338 e. The number of piperidine rings is 1. The van der Waals surface area contributed by atoms with Crippen LogP contribution in [0.1, 0.15) is 34.3 Å². The first kappa shape index (κ1) is 18.0. The lowest BCUT2D eigenvalue weighted by atomic mass is 9.96. The maximum Gasteiger partial charge on any atom is 0.263 e. The van der Waals surface area contributed by atoms with Crippen LogP contribution in [-0.4, -0.2) is 38.5 Å². The standard InChI is InChI=1S/C22H19FN4OS/c23-17-6-2-1-5-16(17)18-8-9-19(29-18)22(28)26-13-10-15(11-14-26)21-25-24-20-7-3-4-12-27(20)21/h1-9,12,15H,10-11,13-14H2. The van der Waals surface area contributed by atoms with Gasteiger partial charge in [-0.05, 0) is 43.2 Å². The molecule has 7 heteroatoms. The van der Waals surface area contributed by atoms with Gasteiger partial charge in [0.05, 0.1) is 4.88 Å². The number of pyridine rings is 1. The molecule has 0 spiro atoms. The van der Waals surface area contributed by atoms with Crippen LogP contribution in [-0.2, 0) is 0 Å². The number of carbonyl (C=O) groups is 1. The summed E-state index contributed by atoms with van der Waals surface area (Å²) in [5.74, 6) is 0.997. The molecule has 5 rings (SSSR count). The van der Waals surface area contributed by atoms with E-state index < -0.39 is 0 Å². The van der Waals surface area contributed by atoms with E-state index in [2.05, 4.69) is 10.2 Å². The fraction of sp³-hybridized carbons (Fsp3) is 0.227. The van der Waals surface area contributed by atoms with Crippen molar-refractivity contribution in [1.29, 1.82) is 0 Å². The van der Waals surface area contributed by atoms with E-state index in [0.29, 0.717) is 23.5 Å². The molecule has 3 aromatic heterocycles. The van der Waals surface area contributed by atoms with Gasteiger partial charge in [0.2, 0.25) is 0 Å². The number of rotatable bonds is 3. The summed E-state index contributed by atoms with van der Waals surface area (Å²) in [5, 5.41) is 8.61. The van der Waals surface area contributed by atoms with E-state index in [1.165, 1.54) is 17.4 Å². The highest BCUT2D eigenvalue weighted by molar-refractivity contribution is 7.17. The topological polar surface area (TPSA) is 50.5 Å². The van der Waals surface area contributed by atoms with E-state index in [0.717, 1.165) is 29.2 Å². The SMILES string of the molecule is O=C(c1ccc(-c2ccccc2F)s1)N1CCC(c2nnc3ccccn23)CC1. The Hall–Kier alpha value is -3.06. The number of likely N-dealkylation sites (tertiary alicyclic amines) is 1. The van der Waals surface area contributed by atoms with Crippen molar-refractivity contribution >= 4 is 22.9 Å². The van der Waals surface area contributed by atoms with Crippen LogP contribution in [0.4, 0.5) is 4.39 Å². The number of hydrogen-bond donors (Lipinski definition) is 0. The van der Waals surface area contributed by atoms with Gasteiger partial charge in [-0.2, -0.15) is 0 Å². The zero-order valence-corrected chi connectivity index (χ0v) is 16.5. The predicted molar refractivity (Wildman–Crippen MR) is 111 cm³/mol. The molecule has 1 aliphatic rings. The Morgan fingerprint density at radius 3 is 2.62 bits per heavy atom. The van der Waals surface area contributed by atoms with Gasteiger partial charge in [0, 0.05) is 35.6 Å². The normalized spacial score (nSPS) is 15.1. The third kappa shape index (κ3) is 3.31. The summed E-state index contributed by atoms with van der Waals surface area (Å²) >= 11 is 1.34. The van der Waals surface area contributed by atoms with Crippen LogP contribution in [0.25, 0.3) is 16.1 Å². The molecule has 5 nitrogen and oxygen atoms in total. The molecule has 0 radical (unpaired) electrons. The summed E-state index contributed by atoms with van der Waals surface area (Å²) in [6, 6.07) is 16.1. The van der Waals surface area contributed by atoms with Gasteiger partial charge in [-0.3, -0.25) is 9.20 Å². The average Bonchev–Trinajstić information content (AvgIpc) is 3.41. The first-order chi connectivity index (χ1) is 14.2. The number of benzene rings is 1. The van der Waals surface area contributed by atoms with E-state index in [-0.39, 0.29) is 17.6 Å². The van der Waals surface area contributed by atoms with Gasteiger partial charge in [0.15, 0.2) is 5.65 Å². The van der Waals surface area contributed by atoms with Crippen molar-refractivity contribution in [2.45, 2.75) is 18.8 Å². The Bertz CT molecular complexity index is 1180. The van der Waals surface area contributed by atoms with Crippen LogP contribution in [0, 0.1) is 5.82 Å². The number of thiophene rings is 1. The predicted octanol–water partition coefficient (Wildman–Crippen LogP) is 4.62. The van der Waals surface area contributed by atoms with Crippen LogP contribution in [0.15, 0.2) is 60.8 Å². The van der Waals surface area contributed by atoms with Gasteiger partial charge < -0.3 is 4.90 Å². The summed E-state index contributed by atoms with van der Waals surface area (Å²) in [5.41, 5.74) is 1.38. The molecule has 1 aromatic carbocycles. The van der Waals surface area contributed by atoms with Crippen molar-refractivity contribution in [3.63, 3.8) is 0 Å². The lowest BCUT2D eigenvalue weighted by Crippen LogP contribution is -2.37. The number of amides is 1. The minimum atomic E-state index is -0.269. The van der Waals surface area contributed by atoms with Gasteiger partial charge in [0.1, 0.15) is 11.6 Å². The van der Waals surface area contributed by atoms with E-state index >= 15 is 0 Å². The molecule has 29 heavy (non-hydrogen) atoms. The Kier molecular flexibility index (Phi) is 4.60. The molecule has 1 saturated heterocycles. The van der Waals surface area contributed by atoms with Gasteiger partial charge in [0.25, 0.3) is 5.91 Å². The first-order valence-corrected chi connectivity index (χ1v) is 10.5. The molecule has 1 amide bonds. The van der Waals surface area contributed by atoms with Gasteiger partial charge in [-0.1, -0.05) is 24.3 Å². The zero-order valence-electron chi connectivity index (χ0n) is 15.7. The minimum absolute atomic E-state index is 0.0159. The lowest BCUT2D eigenvalue weighted by Gasteiger charge is -2.31. The molecule has 4 heterocycles. The van der Waals surface area contributed by atoms with Crippen LogP contribution in [0.2, 0.25) is 0 Å². The van der Waals surface area contributed by atoms with Crippen molar-refractivity contribution in [1.82, 2.24) is 19.5 Å². The molecular formula is C22H19FN4OS. The summed E-state index contributed by atoms with van der Waals surface area (Å²) in [7, 11) is 0. The fourth-order valence-corrected chi connectivity index (χ4v) is 4.89. The van der Waals surface area contributed by atoms with Crippen LogP contribution in [0.3, 0.4) is 0 Å². The Labute approximate surface area is 171 Å². The number of carbonyl (C=O) groups excluding carboxylic acids is 1. The van der Waals surface area contributed by atoms with Gasteiger partial charge in [-0.15, -0.1) is 21.5 Å². The Balaban J connectivity index is 1.29. The molecule has 1 fully saturated rings. The maximum absolute atomic E-state index is 14.0. The summed E-state index contributed by atoms with van der Waals surface area (Å²) in [4.78, 5) is 16.3. The van der Waals surface area contributed by atoms with Gasteiger partial charge in [-0.25, -0.2) is 4.39 Å². The quantitative estimate of drug-likeness (QED) is 0.499. The summed E-state index contributed by atoms with van der Waals surface area (Å²) < 4.78 is 16.1. The third-order valence-electron chi connectivity index (χ3n) is 5.44. The highest BCUT2D eigenvalue weighted by Gasteiger charge is 2.28. The first-order valence-electron chi connectivity index (χ1n) is 9.64. The second-order valence-electron chi connectivity index (χ2n) is 7.20. The second-order valence-corrected chi connectivity index (χ2v) is 8.28. The van der Waals surface area contributed by atoms with E-state index in [9.17, 15) is 9.18 Å². The lowest BCUT2D eigenvalue weighted by molar-refractivity contribution is 0.0716. The molecule has 1 aliphatic heterocycles. The van der Waals surface area contributed by atoms with E-state index in [1.54, 1.807) is 24.3 Å². The third-order valence-corrected chi connectivity index (χ3v) is 6.55. The van der Waals surface area contributed by atoms with Crippen molar-refractivity contribution in [3.8, 4) is 10.4 Å². The van der Waals surface area contributed by atoms with Crippen molar-refractivity contribution in [2.24, 2.45) is 0 Å². The Morgan fingerprint density at radius 1 is 1.00 bits per heavy atom. The summed E-state index contributed by atoms with van der Waals surface area (Å²) in [6.07, 6.45) is 3.69. The average molecular weight is 406 g/mol. The molecule has 0 unspecified atom stereocenters. The van der Waals surface area contributed by atoms with Crippen molar-refractivity contribution in [3.05, 3.63) is 77.3 Å². The number of fused-ring (bicyclic) bond motifs is 1. The van der Waals surface area contributed by atoms with Crippen molar-refractivity contribution < 1.29 is 9.18 Å². The van der Waals surface area contributed by atoms with Crippen molar-refractivity contribution in [2.75, 3.05) is 13.1 Å². The molecular weight excluding hydrogens is 387 g/mol. The molecule has 4 aromatic rings. The molecule has 0 bridgehead atoms. The number of aromatic nitrogens is 3. The number of halogens is 1. The monoisotopic (exact) mass is 406 g/mol. The zero-order chi connectivity index (χ0) is 19.8. The maximum atomic E-state index is 14.0. The number of hydrogen-bond acceptors (Lipinski definition) is 4. The highest BCUT2D eigenvalue weighted by atomic mass is 32.1. The van der Waals surface area contributed by atoms with E-state index in [4.69, 9.17) is 0 Å². The fourth-order valence-electron chi connectivity index (χ4n) is 3.89. The van der Waals surface area contributed by atoms with E-state index in [1.807, 2.05) is 39.8 Å². The smallest absolute Gasteiger partial charge is 0.263 e. The van der Waals surface area contributed by atoms with Crippen LogP contribution in [0.5, 0.6) is 0 Å². The van der Waals surface area contributed by atoms with Crippen LogP contribution < -0.4 is 0 Å². The summed E-state index contributed by atoms with van der Waals surface area (Å²) in [6.45, 7) is 1.36. The largest absolute Gasteiger partial charge is 0.338 e. The highest BCUT2D eigenvalue weighted by Crippen LogP contribution is 2.32. The molecule has 0 saturated carbocycles.